The van der Waals surface area contributed by atoms with Crippen LogP contribution < -0.4 is 14.6 Å². The van der Waals surface area contributed by atoms with E-state index in [-0.39, 0.29) is 5.95 Å². The van der Waals surface area contributed by atoms with E-state index < -0.39 is 0 Å². The molecule has 6 heteroatoms. The van der Waals surface area contributed by atoms with E-state index >= 15 is 0 Å². The molecule has 0 amide bonds. The van der Waals surface area contributed by atoms with Crippen LogP contribution in [0.15, 0.2) is 72.8 Å². The Kier molecular flexibility index (Phi) is 4.88. The zero-order chi connectivity index (χ0) is 19.7. The first kappa shape index (κ1) is 18.3. The third-order valence-electron chi connectivity index (χ3n) is 4.56. The predicted molar refractivity (Wildman–Crippen MR) is 121 cm³/mol. The summed E-state index contributed by atoms with van der Waals surface area (Å²) in [5.74, 6) is 0.946. The minimum absolute atomic E-state index is 0.240. The van der Waals surface area contributed by atoms with Crippen LogP contribution in [0.25, 0.3) is 22.0 Å². The average Bonchev–Trinajstić information content (AvgIpc) is 2.73. The zero-order valence-corrected chi connectivity index (χ0v) is 17.3. The highest BCUT2D eigenvalue weighted by atomic mass is 79.9. The van der Waals surface area contributed by atoms with Crippen LogP contribution in [0, 0.1) is 0 Å². The largest absolute Gasteiger partial charge is 0.377 e. The van der Waals surface area contributed by atoms with Gasteiger partial charge in [0.1, 0.15) is 0 Å². The summed E-state index contributed by atoms with van der Waals surface area (Å²) in [6.45, 7) is 0. The second-order valence-corrected chi connectivity index (χ2v) is 7.37. The lowest BCUT2D eigenvalue weighted by atomic mass is 10.0. The number of para-hydroxylation sites is 2. The van der Waals surface area contributed by atoms with Crippen molar-refractivity contribution >= 4 is 50.2 Å². The van der Waals surface area contributed by atoms with Crippen molar-refractivity contribution < 1.29 is 0 Å². The van der Waals surface area contributed by atoms with Crippen molar-refractivity contribution in [3.05, 3.63) is 72.8 Å². The Labute approximate surface area is 172 Å². The maximum absolute atomic E-state index is 5.98. The molecule has 0 bridgehead atoms. The second-order valence-electron chi connectivity index (χ2n) is 6.67. The van der Waals surface area contributed by atoms with Gasteiger partial charge in [0.2, 0.25) is 5.95 Å². The van der Waals surface area contributed by atoms with E-state index in [0.29, 0.717) is 5.82 Å². The van der Waals surface area contributed by atoms with Gasteiger partial charge in [0, 0.05) is 30.7 Å². The highest BCUT2D eigenvalue weighted by Crippen LogP contribution is 2.37. The van der Waals surface area contributed by atoms with E-state index in [1.165, 1.54) is 0 Å². The Morgan fingerprint density at radius 2 is 1.57 bits per heavy atom. The third-order valence-corrected chi connectivity index (χ3v) is 5.30. The van der Waals surface area contributed by atoms with Gasteiger partial charge in [0.15, 0.2) is 5.82 Å². The van der Waals surface area contributed by atoms with Crippen LogP contribution in [-0.4, -0.2) is 24.1 Å². The van der Waals surface area contributed by atoms with Gasteiger partial charge in [0.05, 0.1) is 27.4 Å². The quantitative estimate of drug-likeness (QED) is 0.437. The van der Waals surface area contributed by atoms with Crippen LogP contribution in [0.5, 0.6) is 0 Å². The highest BCUT2D eigenvalue weighted by molar-refractivity contribution is 9.10. The van der Waals surface area contributed by atoms with Gasteiger partial charge in [-0.1, -0.05) is 42.5 Å². The molecule has 3 aromatic carbocycles. The SMILES string of the molecule is CN(C)c1ccccc1-c1ccc2nc(N)nc(N(Br)c3ccccc3)c2c1. The summed E-state index contributed by atoms with van der Waals surface area (Å²) in [6.07, 6.45) is 0. The van der Waals surface area contributed by atoms with E-state index in [1.54, 1.807) is 0 Å². The van der Waals surface area contributed by atoms with Crippen molar-refractivity contribution in [2.24, 2.45) is 0 Å². The number of nitrogen functional groups attached to an aromatic ring is 1. The highest BCUT2D eigenvalue weighted by Gasteiger charge is 2.15. The predicted octanol–water partition coefficient (Wildman–Crippen LogP) is 5.39. The normalized spacial score (nSPS) is 10.8. The first-order valence-electron chi connectivity index (χ1n) is 8.89. The number of benzene rings is 3. The molecule has 0 unspecified atom stereocenters. The molecule has 2 N–H and O–H groups in total. The second kappa shape index (κ2) is 7.48. The number of nitrogens with two attached hydrogens (primary N) is 1. The van der Waals surface area contributed by atoms with Crippen LogP contribution in [-0.2, 0) is 0 Å². The van der Waals surface area contributed by atoms with E-state index in [1.807, 2.05) is 66.6 Å². The first-order valence-corrected chi connectivity index (χ1v) is 9.60. The first-order chi connectivity index (χ1) is 13.5. The Bertz CT molecular complexity index is 1130. The minimum atomic E-state index is 0.240. The van der Waals surface area contributed by atoms with Gasteiger partial charge in [-0.25, -0.2) is 4.98 Å². The number of aromatic nitrogens is 2. The van der Waals surface area contributed by atoms with Crippen LogP contribution in [0.4, 0.5) is 23.1 Å². The lowest BCUT2D eigenvalue weighted by molar-refractivity contribution is 1.13. The molecule has 0 atom stereocenters. The lowest BCUT2D eigenvalue weighted by Gasteiger charge is -2.20. The van der Waals surface area contributed by atoms with Gasteiger partial charge < -0.3 is 10.6 Å². The number of hydrogen-bond donors (Lipinski definition) is 1. The van der Waals surface area contributed by atoms with Crippen LogP contribution in [0.1, 0.15) is 0 Å². The molecule has 140 valence electrons. The van der Waals surface area contributed by atoms with Crippen molar-refractivity contribution in [1.29, 1.82) is 0 Å². The maximum atomic E-state index is 5.98. The topological polar surface area (TPSA) is 58.3 Å². The van der Waals surface area contributed by atoms with E-state index in [2.05, 4.69) is 55.3 Å². The van der Waals surface area contributed by atoms with Crippen molar-refractivity contribution in [2.75, 3.05) is 28.7 Å². The summed E-state index contributed by atoms with van der Waals surface area (Å²) in [5.41, 5.74) is 11.1. The fraction of sp³-hybridized carbons (Fsp3) is 0.0909. The molecule has 4 rings (SSSR count). The number of halogens is 1. The summed E-state index contributed by atoms with van der Waals surface area (Å²) in [5, 5.41) is 0.918. The number of nitrogens with zero attached hydrogens (tertiary/aromatic N) is 4. The van der Waals surface area contributed by atoms with Gasteiger partial charge in [-0.2, -0.15) is 4.98 Å². The molecule has 28 heavy (non-hydrogen) atoms. The van der Waals surface area contributed by atoms with Crippen molar-refractivity contribution in [1.82, 2.24) is 9.97 Å². The summed E-state index contributed by atoms with van der Waals surface area (Å²) in [4.78, 5) is 11.0. The minimum Gasteiger partial charge on any atom is -0.377 e. The molecule has 1 aromatic heterocycles. The van der Waals surface area contributed by atoms with Gasteiger partial charge >= 0.3 is 0 Å². The maximum Gasteiger partial charge on any atom is 0.222 e. The Morgan fingerprint density at radius 3 is 2.32 bits per heavy atom. The standard InChI is InChI=1S/C22H20BrN5/c1-27(2)20-11-7-6-10-17(20)15-12-13-19-18(14-15)21(26-22(24)25-19)28(23)16-8-4-3-5-9-16/h3-14H,1-2H3,(H2,24,25,26). The van der Waals surface area contributed by atoms with Gasteiger partial charge in [-0.15, -0.1) is 0 Å². The molecule has 5 nitrogen and oxygen atoms in total. The molecule has 0 saturated heterocycles. The molecule has 0 aliphatic heterocycles. The monoisotopic (exact) mass is 433 g/mol. The molecular formula is C22H20BrN5. The Hall–Kier alpha value is -3.12. The Balaban J connectivity index is 1.91. The smallest absolute Gasteiger partial charge is 0.222 e. The van der Waals surface area contributed by atoms with E-state index in [9.17, 15) is 0 Å². The Morgan fingerprint density at radius 1 is 0.857 bits per heavy atom. The molecule has 4 aromatic rings. The third kappa shape index (κ3) is 3.39. The summed E-state index contributed by atoms with van der Waals surface area (Å²) < 4.78 is 1.86. The molecule has 1 heterocycles. The van der Waals surface area contributed by atoms with Crippen LogP contribution in [0.3, 0.4) is 0 Å². The van der Waals surface area contributed by atoms with E-state index in [0.717, 1.165) is 33.4 Å². The lowest BCUT2D eigenvalue weighted by Crippen LogP contribution is -2.10. The van der Waals surface area contributed by atoms with Crippen molar-refractivity contribution in [3.8, 4) is 11.1 Å². The number of hydrogen-bond acceptors (Lipinski definition) is 5. The fourth-order valence-corrected chi connectivity index (χ4v) is 3.74. The molecule has 0 radical (unpaired) electrons. The van der Waals surface area contributed by atoms with Gasteiger partial charge in [0.25, 0.3) is 0 Å². The average molecular weight is 434 g/mol. The molecule has 0 saturated carbocycles. The van der Waals surface area contributed by atoms with Gasteiger partial charge in [-0.05, 0) is 35.9 Å². The molecule has 0 spiro atoms. The molecule has 0 aliphatic carbocycles. The molecule has 0 fully saturated rings. The molecular weight excluding hydrogens is 414 g/mol. The van der Waals surface area contributed by atoms with Crippen molar-refractivity contribution in [3.63, 3.8) is 0 Å². The fourth-order valence-electron chi connectivity index (χ4n) is 3.24. The van der Waals surface area contributed by atoms with E-state index in [4.69, 9.17) is 5.73 Å². The number of anilines is 4. The number of fused-ring (bicyclic) bond motifs is 1. The number of rotatable bonds is 4. The van der Waals surface area contributed by atoms with Gasteiger partial charge in [-0.3, -0.25) is 3.93 Å². The molecule has 0 aliphatic rings. The summed E-state index contributed by atoms with van der Waals surface area (Å²) >= 11 is 3.65. The van der Waals surface area contributed by atoms with Crippen LogP contribution in [0.2, 0.25) is 0 Å². The summed E-state index contributed by atoms with van der Waals surface area (Å²) in [6, 6.07) is 24.5. The van der Waals surface area contributed by atoms with Crippen LogP contribution >= 0.6 is 16.1 Å². The summed E-state index contributed by atoms with van der Waals surface area (Å²) in [7, 11) is 4.09. The van der Waals surface area contributed by atoms with Crippen molar-refractivity contribution in [2.45, 2.75) is 0 Å². The zero-order valence-electron chi connectivity index (χ0n) is 15.7.